The van der Waals surface area contributed by atoms with Gasteiger partial charge in [0, 0.05) is 6.04 Å². The molecule has 6 heteroatoms. The van der Waals surface area contributed by atoms with E-state index in [1.807, 2.05) is 12.1 Å². The second-order valence-corrected chi connectivity index (χ2v) is 7.54. The highest BCUT2D eigenvalue weighted by Crippen LogP contribution is 2.46. The van der Waals surface area contributed by atoms with Crippen molar-refractivity contribution in [2.45, 2.75) is 38.6 Å². The van der Waals surface area contributed by atoms with Gasteiger partial charge in [0.2, 0.25) is 5.28 Å². The quantitative estimate of drug-likeness (QED) is 0.854. The summed E-state index contributed by atoms with van der Waals surface area (Å²) in [6, 6.07) is 4.50. The molecule has 0 amide bonds. The molecule has 2 aromatic rings. The minimum absolute atomic E-state index is 0.274. The van der Waals surface area contributed by atoms with Crippen LogP contribution in [0.15, 0.2) is 16.7 Å². The number of halogens is 2. The van der Waals surface area contributed by atoms with Gasteiger partial charge in [0.05, 0.1) is 0 Å². The molecule has 3 saturated carbocycles. The first-order valence-electron chi connectivity index (χ1n) is 7.61. The summed E-state index contributed by atoms with van der Waals surface area (Å²) >= 11 is 9.57. The van der Waals surface area contributed by atoms with E-state index in [4.69, 9.17) is 11.6 Å². The SMILES string of the molecule is C[C@H]1C2CCC(CC2)[C@@H]1Nc1nc(Cl)nn2c(Br)ccc12. The summed E-state index contributed by atoms with van der Waals surface area (Å²) in [7, 11) is 0. The van der Waals surface area contributed by atoms with Gasteiger partial charge in [0.1, 0.15) is 10.1 Å². The van der Waals surface area contributed by atoms with Crippen molar-refractivity contribution in [1.29, 1.82) is 0 Å². The van der Waals surface area contributed by atoms with Gasteiger partial charge in [0.15, 0.2) is 5.82 Å². The minimum Gasteiger partial charge on any atom is -0.365 e. The normalized spacial score (nSPS) is 31.8. The highest BCUT2D eigenvalue weighted by molar-refractivity contribution is 9.10. The van der Waals surface area contributed by atoms with Gasteiger partial charge in [-0.3, -0.25) is 0 Å². The van der Waals surface area contributed by atoms with Crippen molar-refractivity contribution < 1.29 is 0 Å². The van der Waals surface area contributed by atoms with Crippen molar-refractivity contribution in [3.05, 3.63) is 22.0 Å². The fourth-order valence-electron chi connectivity index (χ4n) is 4.21. The third kappa shape index (κ3) is 2.25. The van der Waals surface area contributed by atoms with Crippen LogP contribution in [0.25, 0.3) is 5.52 Å². The molecule has 3 fully saturated rings. The summed E-state index contributed by atoms with van der Waals surface area (Å²) in [4.78, 5) is 4.43. The lowest BCUT2D eigenvalue weighted by Crippen LogP contribution is -2.47. The smallest absolute Gasteiger partial charge is 0.243 e. The summed E-state index contributed by atoms with van der Waals surface area (Å²) < 4.78 is 2.69. The van der Waals surface area contributed by atoms with Gasteiger partial charge in [0.25, 0.3) is 0 Å². The van der Waals surface area contributed by atoms with Crippen LogP contribution in [0.1, 0.15) is 32.6 Å². The van der Waals surface area contributed by atoms with Crippen LogP contribution in [0.3, 0.4) is 0 Å². The zero-order chi connectivity index (χ0) is 14.6. The average molecular weight is 370 g/mol. The first-order chi connectivity index (χ1) is 10.1. The number of aromatic nitrogens is 3. The molecule has 3 aliphatic carbocycles. The highest BCUT2D eigenvalue weighted by Gasteiger charge is 2.41. The monoisotopic (exact) mass is 368 g/mol. The number of nitrogens with one attached hydrogen (secondary N) is 1. The van der Waals surface area contributed by atoms with Crippen LogP contribution in [-0.4, -0.2) is 20.6 Å². The van der Waals surface area contributed by atoms with Crippen LogP contribution < -0.4 is 5.32 Å². The molecule has 0 unspecified atom stereocenters. The molecule has 112 valence electrons. The van der Waals surface area contributed by atoms with Crippen molar-refractivity contribution in [2.24, 2.45) is 17.8 Å². The Morgan fingerprint density at radius 1 is 1.24 bits per heavy atom. The van der Waals surface area contributed by atoms with E-state index in [1.54, 1.807) is 4.52 Å². The van der Waals surface area contributed by atoms with Crippen LogP contribution in [0.2, 0.25) is 5.28 Å². The number of hydrogen-bond acceptors (Lipinski definition) is 3. The Bertz CT molecular complexity index is 676. The lowest BCUT2D eigenvalue weighted by atomic mass is 9.62. The Morgan fingerprint density at radius 2 is 1.95 bits per heavy atom. The first kappa shape index (κ1) is 13.8. The zero-order valence-electron chi connectivity index (χ0n) is 11.9. The van der Waals surface area contributed by atoms with E-state index < -0.39 is 0 Å². The molecule has 1 N–H and O–H groups in total. The van der Waals surface area contributed by atoms with Gasteiger partial charge in [-0.05, 0) is 83.1 Å². The van der Waals surface area contributed by atoms with Crippen molar-refractivity contribution in [3.63, 3.8) is 0 Å². The van der Waals surface area contributed by atoms with Crippen molar-refractivity contribution in [1.82, 2.24) is 14.6 Å². The predicted molar refractivity (Wildman–Crippen MR) is 87.7 cm³/mol. The molecule has 2 heterocycles. The first-order valence-corrected chi connectivity index (χ1v) is 8.78. The third-order valence-corrected chi connectivity index (χ3v) is 6.14. The van der Waals surface area contributed by atoms with Crippen LogP contribution in [0.4, 0.5) is 5.82 Å². The van der Waals surface area contributed by atoms with Crippen molar-refractivity contribution in [3.8, 4) is 0 Å². The highest BCUT2D eigenvalue weighted by atomic mass is 79.9. The second kappa shape index (κ2) is 5.13. The number of rotatable bonds is 2. The third-order valence-electron chi connectivity index (χ3n) is 5.38. The Labute approximate surface area is 137 Å². The summed E-state index contributed by atoms with van der Waals surface area (Å²) in [5, 5.41) is 8.20. The zero-order valence-corrected chi connectivity index (χ0v) is 14.2. The van der Waals surface area contributed by atoms with E-state index in [-0.39, 0.29) is 5.28 Å². The summed E-state index contributed by atoms with van der Waals surface area (Å²) in [5.74, 6) is 3.17. The van der Waals surface area contributed by atoms with Gasteiger partial charge in [-0.1, -0.05) is 6.92 Å². The Kier molecular flexibility index (Phi) is 3.38. The summed E-state index contributed by atoms with van der Waals surface area (Å²) in [5.41, 5.74) is 0.972. The van der Waals surface area contributed by atoms with Crippen LogP contribution in [-0.2, 0) is 0 Å². The van der Waals surface area contributed by atoms with Gasteiger partial charge in [-0.25, -0.2) is 4.52 Å². The molecule has 0 spiro atoms. The molecule has 5 rings (SSSR count). The fraction of sp³-hybridized carbons (Fsp3) is 0.600. The second-order valence-electron chi connectivity index (χ2n) is 6.39. The Balaban J connectivity index is 1.71. The van der Waals surface area contributed by atoms with Crippen LogP contribution in [0, 0.1) is 17.8 Å². The maximum atomic E-state index is 6.08. The van der Waals surface area contributed by atoms with E-state index in [2.05, 4.69) is 38.3 Å². The Hall–Kier alpha value is -0.810. The number of nitrogens with zero attached hydrogens (tertiary/aromatic N) is 3. The molecular weight excluding hydrogens is 352 g/mol. The topological polar surface area (TPSA) is 42.2 Å². The largest absolute Gasteiger partial charge is 0.365 e. The van der Waals surface area contributed by atoms with Crippen LogP contribution in [0.5, 0.6) is 0 Å². The number of fused-ring (bicyclic) bond motifs is 4. The molecular formula is C15H18BrClN4. The van der Waals surface area contributed by atoms with Crippen molar-refractivity contribution in [2.75, 3.05) is 5.32 Å². The molecule has 2 bridgehead atoms. The molecule has 2 atom stereocenters. The lowest BCUT2D eigenvalue weighted by Gasteiger charge is -2.47. The predicted octanol–water partition coefficient (Wildman–Crippen LogP) is 4.38. The van der Waals surface area contributed by atoms with E-state index in [9.17, 15) is 0 Å². The minimum atomic E-state index is 0.274. The van der Waals surface area contributed by atoms with E-state index in [0.29, 0.717) is 12.0 Å². The van der Waals surface area contributed by atoms with E-state index >= 15 is 0 Å². The molecule has 0 aliphatic heterocycles. The van der Waals surface area contributed by atoms with Gasteiger partial charge in [-0.2, -0.15) is 4.98 Å². The summed E-state index contributed by atoms with van der Waals surface area (Å²) in [6.45, 7) is 2.38. The number of hydrogen-bond donors (Lipinski definition) is 1. The number of anilines is 1. The molecule has 2 aromatic heterocycles. The molecule has 0 radical (unpaired) electrons. The molecule has 0 aromatic carbocycles. The maximum absolute atomic E-state index is 6.08. The Morgan fingerprint density at radius 3 is 2.67 bits per heavy atom. The molecule has 21 heavy (non-hydrogen) atoms. The fourth-order valence-corrected chi connectivity index (χ4v) is 4.77. The lowest BCUT2D eigenvalue weighted by molar-refractivity contribution is 0.0928. The van der Waals surface area contributed by atoms with Crippen LogP contribution >= 0.6 is 27.5 Å². The molecule has 0 saturated heterocycles. The molecule has 3 aliphatic rings. The van der Waals surface area contributed by atoms with Gasteiger partial charge >= 0.3 is 0 Å². The van der Waals surface area contributed by atoms with Crippen molar-refractivity contribution >= 4 is 38.9 Å². The van der Waals surface area contributed by atoms with E-state index in [1.165, 1.54) is 25.7 Å². The standard InChI is InChI=1S/C15H18BrClN4/c1-8-9-2-4-10(5-3-9)13(8)18-14-11-6-7-12(16)21(11)20-15(17)19-14/h6-10,13H,2-5H2,1H3,(H,18,19,20)/t8-,9?,10?,13+/m0/s1. The maximum Gasteiger partial charge on any atom is 0.243 e. The van der Waals surface area contributed by atoms with E-state index in [0.717, 1.165) is 27.8 Å². The molecule has 4 nitrogen and oxygen atoms in total. The van der Waals surface area contributed by atoms with Gasteiger partial charge < -0.3 is 5.32 Å². The average Bonchev–Trinajstić information content (AvgIpc) is 2.85. The van der Waals surface area contributed by atoms with Gasteiger partial charge in [-0.15, -0.1) is 5.10 Å². The summed E-state index contributed by atoms with van der Waals surface area (Å²) in [6.07, 6.45) is 5.46.